The average molecular weight is 239 g/mol. The van der Waals surface area contributed by atoms with E-state index in [0.717, 1.165) is 17.7 Å². The van der Waals surface area contributed by atoms with Crippen LogP contribution in [0.4, 0.5) is 0 Å². The molecule has 18 heavy (non-hydrogen) atoms. The quantitative estimate of drug-likeness (QED) is 0.809. The standard InChI is InChI=1S/C16H17NO/c1-2-15(14-10-6-7-11-16(14)18)17-12-13-8-4-3-5-9-13/h3-11,18H,2,12H2,1H3. The average Bonchev–Trinajstić information content (AvgIpc) is 2.42. The molecule has 0 amide bonds. The molecule has 0 unspecified atom stereocenters. The molecule has 0 spiro atoms. The SMILES string of the molecule is CCC(=NCc1ccccc1)c1ccccc1O. The number of hydrogen-bond acceptors (Lipinski definition) is 2. The minimum absolute atomic E-state index is 0.297. The van der Waals surface area contributed by atoms with E-state index >= 15 is 0 Å². The van der Waals surface area contributed by atoms with Crippen molar-refractivity contribution in [1.82, 2.24) is 0 Å². The number of para-hydroxylation sites is 1. The van der Waals surface area contributed by atoms with E-state index in [1.54, 1.807) is 6.07 Å². The largest absolute Gasteiger partial charge is 0.507 e. The van der Waals surface area contributed by atoms with Gasteiger partial charge in [-0.3, -0.25) is 4.99 Å². The van der Waals surface area contributed by atoms with Gasteiger partial charge in [0.15, 0.2) is 0 Å². The van der Waals surface area contributed by atoms with E-state index in [9.17, 15) is 5.11 Å². The molecule has 0 aliphatic carbocycles. The first-order valence-electron chi connectivity index (χ1n) is 6.17. The third-order valence-electron chi connectivity index (χ3n) is 2.85. The molecular formula is C16H17NO. The van der Waals surface area contributed by atoms with E-state index in [1.165, 1.54) is 5.56 Å². The Hall–Kier alpha value is -2.09. The lowest BCUT2D eigenvalue weighted by Gasteiger charge is -2.06. The number of phenols is 1. The zero-order chi connectivity index (χ0) is 12.8. The highest BCUT2D eigenvalue weighted by atomic mass is 16.3. The van der Waals surface area contributed by atoms with Crippen LogP contribution in [0.25, 0.3) is 0 Å². The van der Waals surface area contributed by atoms with Crippen LogP contribution in [0.5, 0.6) is 5.75 Å². The highest BCUT2D eigenvalue weighted by Gasteiger charge is 2.05. The zero-order valence-corrected chi connectivity index (χ0v) is 10.5. The smallest absolute Gasteiger partial charge is 0.124 e. The van der Waals surface area contributed by atoms with Gasteiger partial charge in [0, 0.05) is 11.3 Å². The highest BCUT2D eigenvalue weighted by molar-refractivity contribution is 6.02. The van der Waals surface area contributed by atoms with Crippen LogP contribution in [0.3, 0.4) is 0 Å². The van der Waals surface area contributed by atoms with Crippen molar-refractivity contribution in [2.45, 2.75) is 19.9 Å². The molecule has 0 saturated heterocycles. The van der Waals surface area contributed by atoms with E-state index in [2.05, 4.69) is 24.0 Å². The Morgan fingerprint density at radius 1 is 1.00 bits per heavy atom. The van der Waals surface area contributed by atoms with E-state index < -0.39 is 0 Å². The van der Waals surface area contributed by atoms with Crippen LogP contribution < -0.4 is 0 Å². The molecule has 0 atom stereocenters. The molecule has 0 aliphatic rings. The molecule has 2 rings (SSSR count). The van der Waals surface area contributed by atoms with Crippen LogP contribution in [-0.2, 0) is 6.54 Å². The maximum Gasteiger partial charge on any atom is 0.124 e. The Balaban J connectivity index is 2.22. The normalized spacial score (nSPS) is 11.5. The van der Waals surface area contributed by atoms with Crippen molar-refractivity contribution >= 4 is 5.71 Å². The number of rotatable bonds is 4. The second-order valence-corrected chi connectivity index (χ2v) is 4.12. The summed E-state index contributed by atoms with van der Waals surface area (Å²) in [5, 5.41) is 9.83. The molecule has 0 heterocycles. The van der Waals surface area contributed by atoms with Crippen LogP contribution in [0, 0.1) is 0 Å². The predicted molar refractivity (Wildman–Crippen MR) is 75.1 cm³/mol. The minimum Gasteiger partial charge on any atom is -0.507 e. The number of benzene rings is 2. The highest BCUT2D eigenvalue weighted by Crippen LogP contribution is 2.18. The van der Waals surface area contributed by atoms with Gasteiger partial charge in [0.25, 0.3) is 0 Å². The van der Waals surface area contributed by atoms with Gasteiger partial charge in [-0.1, -0.05) is 49.4 Å². The summed E-state index contributed by atoms with van der Waals surface area (Å²) in [6.07, 6.45) is 0.810. The van der Waals surface area contributed by atoms with E-state index in [1.807, 2.05) is 36.4 Å². The fraction of sp³-hybridized carbons (Fsp3) is 0.188. The fourth-order valence-electron chi connectivity index (χ4n) is 1.88. The van der Waals surface area contributed by atoms with Gasteiger partial charge >= 0.3 is 0 Å². The molecule has 0 radical (unpaired) electrons. The molecular weight excluding hydrogens is 222 g/mol. The molecule has 0 fully saturated rings. The first-order chi connectivity index (χ1) is 8.81. The van der Waals surface area contributed by atoms with Gasteiger partial charge in [-0.05, 0) is 24.1 Å². The predicted octanol–water partition coefficient (Wildman–Crippen LogP) is 3.79. The maximum absolute atomic E-state index is 9.83. The topological polar surface area (TPSA) is 32.6 Å². The molecule has 92 valence electrons. The van der Waals surface area contributed by atoms with Crippen molar-refractivity contribution in [1.29, 1.82) is 0 Å². The van der Waals surface area contributed by atoms with Crippen molar-refractivity contribution in [3.05, 3.63) is 65.7 Å². The van der Waals surface area contributed by atoms with Crippen molar-refractivity contribution in [3.8, 4) is 5.75 Å². The van der Waals surface area contributed by atoms with E-state index in [0.29, 0.717) is 12.3 Å². The number of hydrogen-bond donors (Lipinski definition) is 1. The Morgan fingerprint density at radius 3 is 2.33 bits per heavy atom. The molecule has 1 N–H and O–H groups in total. The van der Waals surface area contributed by atoms with Gasteiger partial charge in [-0.15, -0.1) is 0 Å². The lowest BCUT2D eigenvalue weighted by molar-refractivity contribution is 0.474. The number of phenolic OH excluding ortho intramolecular Hbond substituents is 1. The zero-order valence-electron chi connectivity index (χ0n) is 10.5. The summed E-state index contributed by atoms with van der Waals surface area (Å²) in [6.45, 7) is 2.70. The van der Waals surface area contributed by atoms with Crippen molar-refractivity contribution in [3.63, 3.8) is 0 Å². The number of nitrogens with zero attached hydrogens (tertiary/aromatic N) is 1. The molecule has 0 aliphatic heterocycles. The maximum atomic E-state index is 9.83. The van der Waals surface area contributed by atoms with Crippen LogP contribution >= 0.6 is 0 Å². The van der Waals surface area contributed by atoms with Crippen molar-refractivity contribution in [2.24, 2.45) is 4.99 Å². The van der Waals surface area contributed by atoms with Crippen LogP contribution in [0.15, 0.2) is 59.6 Å². The third-order valence-corrected chi connectivity index (χ3v) is 2.85. The van der Waals surface area contributed by atoms with Gasteiger partial charge in [0.1, 0.15) is 5.75 Å². The summed E-state index contributed by atoms with van der Waals surface area (Å²) < 4.78 is 0. The van der Waals surface area contributed by atoms with Crippen molar-refractivity contribution < 1.29 is 5.11 Å². The molecule has 2 aromatic carbocycles. The summed E-state index contributed by atoms with van der Waals surface area (Å²) in [6, 6.07) is 17.5. The molecule has 0 bridgehead atoms. The van der Waals surface area contributed by atoms with Crippen LogP contribution in [-0.4, -0.2) is 10.8 Å². The first kappa shape index (κ1) is 12.4. The Labute approximate surface area is 108 Å². The Kier molecular flexibility index (Phi) is 4.13. The molecule has 2 aromatic rings. The Morgan fingerprint density at radius 2 is 1.67 bits per heavy atom. The molecule has 2 heteroatoms. The van der Waals surface area contributed by atoms with Crippen LogP contribution in [0.2, 0.25) is 0 Å². The van der Waals surface area contributed by atoms with Gasteiger partial charge in [0.2, 0.25) is 0 Å². The Bertz CT molecular complexity index is 532. The third kappa shape index (κ3) is 2.98. The fourth-order valence-corrected chi connectivity index (χ4v) is 1.88. The molecule has 0 saturated carbocycles. The lowest BCUT2D eigenvalue weighted by atomic mass is 10.1. The summed E-state index contributed by atoms with van der Waals surface area (Å²) in [7, 11) is 0. The minimum atomic E-state index is 0.297. The summed E-state index contributed by atoms with van der Waals surface area (Å²) in [5.74, 6) is 0.297. The van der Waals surface area contributed by atoms with E-state index in [4.69, 9.17) is 0 Å². The van der Waals surface area contributed by atoms with Crippen molar-refractivity contribution in [2.75, 3.05) is 0 Å². The van der Waals surface area contributed by atoms with Gasteiger partial charge in [0.05, 0.1) is 6.54 Å². The molecule has 0 aromatic heterocycles. The molecule has 2 nitrogen and oxygen atoms in total. The summed E-state index contributed by atoms with van der Waals surface area (Å²) >= 11 is 0. The second kappa shape index (κ2) is 6.01. The summed E-state index contributed by atoms with van der Waals surface area (Å²) in [4.78, 5) is 4.60. The number of aromatic hydroxyl groups is 1. The van der Waals surface area contributed by atoms with E-state index in [-0.39, 0.29) is 0 Å². The lowest BCUT2D eigenvalue weighted by Crippen LogP contribution is -2.00. The van der Waals surface area contributed by atoms with Gasteiger partial charge < -0.3 is 5.11 Å². The van der Waals surface area contributed by atoms with Gasteiger partial charge in [-0.2, -0.15) is 0 Å². The van der Waals surface area contributed by atoms with Gasteiger partial charge in [-0.25, -0.2) is 0 Å². The number of aliphatic imine (C=N–C) groups is 1. The van der Waals surface area contributed by atoms with Crippen LogP contribution in [0.1, 0.15) is 24.5 Å². The monoisotopic (exact) mass is 239 g/mol. The second-order valence-electron chi connectivity index (χ2n) is 4.12. The summed E-state index contributed by atoms with van der Waals surface area (Å²) in [5.41, 5.74) is 2.95. The first-order valence-corrected chi connectivity index (χ1v) is 6.17.